The SMILES string of the molecule is Cc1cc2c(oc3cc(F)ccc32)c(-c2c3ccc(CC(C)(C)C(F)(F)F)cc3cc[n+]2C)c1C. The summed E-state index contributed by atoms with van der Waals surface area (Å²) < 4.78 is 62.6. The maximum Gasteiger partial charge on any atom is 0.394 e. The first kappa shape index (κ1) is 23.3. The van der Waals surface area contributed by atoms with Gasteiger partial charge in [0.15, 0.2) is 6.20 Å². The molecule has 0 atom stereocenters. The number of nitrogens with zero attached hydrogens (tertiary/aromatic N) is 1. The third-order valence-electron chi connectivity index (χ3n) is 7.10. The Morgan fingerprint density at radius 3 is 2.31 bits per heavy atom. The van der Waals surface area contributed by atoms with E-state index in [-0.39, 0.29) is 12.2 Å². The van der Waals surface area contributed by atoms with Crippen molar-refractivity contribution in [3.63, 3.8) is 0 Å². The van der Waals surface area contributed by atoms with Crippen LogP contribution in [0.3, 0.4) is 0 Å². The van der Waals surface area contributed by atoms with Crippen LogP contribution in [0.1, 0.15) is 30.5 Å². The van der Waals surface area contributed by atoms with Gasteiger partial charge in [0.05, 0.1) is 16.4 Å². The van der Waals surface area contributed by atoms with Crippen LogP contribution in [0.4, 0.5) is 17.6 Å². The van der Waals surface area contributed by atoms with Crippen molar-refractivity contribution in [3.05, 3.63) is 77.2 Å². The monoisotopic (exact) mass is 480 g/mol. The first-order valence-corrected chi connectivity index (χ1v) is 11.5. The van der Waals surface area contributed by atoms with Crippen LogP contribution in [-0.4, -0.2) is 6.18 Å². The van der Waals surface area contributed by atoms with Gasteiger partial charge in [-0.1, -0.05) is 26.0 Å². The topological polar surface area (TPSA) is 17.0 Å². The van der Waals surface area contributed by atoms with Gasteiger partial charge in [0.1, 0.15) is 24.0 Å². The van der Waals surface area contributed by atoms with Gasteiger partial charge in [-0.05, 0) is 66.6 Å². The predicted octanol–water partition coefficient (Wildman–Crippen LogP) is 8.12. The average Bonchev–Trinajstić information content (AvgIpc) is 3.11. The van der Waals surface area contributed by atoms with Crippen molar-refractivity contribution in [3.8, 4) is 11.3 Å². The molecule has 0 fully saturated rings. The second-order valence-electron chi connectivity index (χ2n) is 10.1. The third-order valence-corrected chi connectivity index (χ3v) is 7.10. The van der Waals surface area contributed by atoms with Gasteiger partial charge >= 0.3 is 6.18 Å². The lowest BCUT2D eigenvalue weighted by molar-refractivity contribution is -0.659. The molecule has 0 saturated heterocycles. The van der Waals surface area contributed by atoms with Crippen LogP contribution in [0.5, 0.6) is 0 Å². The number of pyridine rings is 1. The number of rotatable bonds is 3. The van der Waals surface area contributed by atoms with Crippen LogP contribution < -0.4 is 4.57 Å². The van der Waals surface area contributed by atoms with Gasteiger partial charge < -0.3 is 4.42 Å². The molecule has 2 heterocycles. The zero-order valence-electron chi connectivity index (χ0n) is 20.3. The Balaban J connectivity index is 1.77. The van der Waals surface area contributed by atoms with E-state index in [4.69, 9.17) is 4.42 Å². The molecule has 0 unspecified atom stereocenters. The lowest BCUT2D eigenvalue weighted by Crippen LogP contribution is -2.34. The van der Waals surface area contributed by atoms with E-state index in [9.17, 15) is 17.6 Å². The smallest absolute Gasteiger partial charge is 0.394 e. The summed E-state index contributed by atoms with van der Waals surface area (Å²) in [5.41, 5.74) is 3.84. The Kier molecular flexibility index (Phi) is 5.20. The fourth-order valence-corrected chi connectivity index (χ4v) is 4.85. The molecule has 0 saturated carbocycles. The van der Waals surface area contributed by atoms with Gasteiger partial charge in [-0.15, -0.1) is 0 Å². The molecule has 180 valence electrons. The molecule has 5 aromatic rings. The maximum absolute atomic E-state index is 13.9. The highest BCUT2D eigenvalue weighted by Crippen LogP contribution is 2.42. The highest BCUT2D eigenvalue weighted by Gasteiger charge is 2.47. The molecule has 3 aromatic carbocycles. The first-order valence-electron chi connectivity index (χ1n) is 11.5. The molecule has 2 nitrogen and oxygen atoms in total. The molecule has 35 heavy (non-hydrogen) atoms. The van der Waals surface area contributed by atoms with E-state index in [1.807, 2.05) is 49.9 Å². The molecule has 0 N–H and O–H groups in total. The summed E-state index contributed by atoms with van der Waals surface area (Å²) in [4.78, 5) is 0. The zero-order valence-corrected chi connectivity index (χ0v) is 20.3. The molecule has 0 radical (unpaired) electrons. The Hall–Kier alpha value is -3.41. The molecule has 5 rings (SSSR count). The Labute approximate surface area is 200 Å². The summed E-state index contributed by atoms with van der Waals surface area (Å²) in [6, 6.07) is 14.0. The summed E-state index contributed by atoms with van der Waals surface area (Å²) in [5.74, 6) is -0.364. The van der Waals surface area contributed by atoms with Gasteiger partial charge in [-0.3, -0.25) is 0 Å². The van der Waals surface area contributed by atoms with Crippen molar-refractivity contribution in [2.45, 2.75) is 40.3 Å². The summed E-state index contributed by atoms with van der Waals surface area (Å²) in [6.07, 6.45) is -2.49. The normalized spacial score (nSPS) is 12.8. The highest BCUT2D eigenvalue weighted by atomic mass is 19.4. The number of alkyl halides is 3. The molecular formula is C29H26F4NO+. The second-order valence-corrected chi connectivity index (χ2v) is 10.1. The van der Waals surface area contributed by atoms with Crippen LogP contribution in [0.2, 0.25) is 0 Å². The lowest BCUT2D eigenvalue weighted by atomic mass is 9.84. The minimum absolute atomic E-state index is 0.106. The highest BCUT2D eigenvalue weighted by molar-refractivity contribution is 6.12. The van der Waals surface area contributed by atoms with Crippen molar-refractivity contribution in [2.75, 3.05) is 0 Å². The predicted molar refractivity (Wildman–Crippen MR) is 131 cm³/mol. The van der Waals surface area contributed by atoms with Crippen molar-refractivity contribution >= 4 is 32.7 Å². The fraction of sp³-hybridized carbons (Fsp3) is 0.276. The number of benzene rings is 3. The molecule has 0 amide bonds. The average molecular weight is 481 g/mol. The van der Waals surface area contributed by atoms with Crippen molar-refractivity contribution in [2.24, 2.45) is 12.5 Å². The van der Waals surface area contributed by atoms with E-state index < -0.39 is 11.6 Å². The Bertz CT molecular complexity index is 1630. The Morgan fingerprint density at radius 1 is 0.886 bits per heavy atom. The number of aromatic nitrogens is 1. The quantitative estimate of drug-likeness (QED) is 0.188. The van der Waals surface area contributed by atoms with Gasteiger partial charge in [0, 0.05) is 22.9 Å². The number of hydrogen-bond donors (Lipinski definition) is 0. The molecule has 0 bridgehead atoms. The van der Waals surface area contributed by atoms with Crippen molar-refractivity contribution in [1.82, 2.24) is 0 Å². The van der Waals surface area contributed by atoms with E-state index in [0.29, 0.717) is 16.7 Å². The van der Waals surface area contributed by atoms with Gasteiger partial charge in [-0.2, -0.15) is 13.2 Å². The molecule has 0 spiro atoms. The van der Waals surface area contributed by atoms with Crippen LogP contribution in [0.15, 0.2) is 59.1 Å². The number of fused-ring (bicyclic) bond motifs is 4. The lowest BCUT2D eigenvalue weighted by Gasteiger charge is -2.27. The van der Waals surface area contributed by atoms with E-state index in [2.05, 4.69) is 6.07 Å². The van der Waals surface area contributed by atoms with E-state index in [1.54, 1.807) is 12.1 Å². The molecule has 6 heteroatoms. The van der Waals surface area contributed by atoms with Crippen LogP contribution in [0, 0.1) is 25.1 Å². The number of halogens is 4. The number of aryl methyl sites for hydroxylation is 2. The summed E-state index contributed by atoms with van der Waals surface area (Å²) in [7, 11) is 1.94. The van der Waals surface area contributed by atoms with Crippen molar-refractivity contribution < 1.29 is 26.5 Å². The molecule has 2 aromatic heterocycles. The summed E-state index contributed by atoms with van der Waals surface area (Å²) in [6.45, 7) is 6.51. The third kappa shape index (κ3) is 3.76. The molecule has 0 aliphatic rings. The van der Waals surface area contributed by atoms with E-state index >= 15 is 0 Å². The largest absolute Gasteiger partial charge is 0.455 e. The van der Waals surface area contributed by atoms with Crippen LogP contribution in [0.25, 0.3) is 44.0 Å². The number of hydrogen-bond acceptors (Lipinski definition) is 1. The molecule has 0 aliphatic heterocycles. The van der Waals surface area contributed by atoms with Gasteiger partial charge in [0.25, 0.3) is 0 Å². The van der Waals surface area contributed by atoms with Crippen LogP contribution >= 0.6 is 0 Å². The first-order chi connectivity index (χ1) is 16.4. The fourth-order valence-electron chi connectivity index (χ4n) is 4.85. The minimum atomic E-state index is -4.29. The molecular weight excluding hydrogens is 454 g/mol. The van der Waals surface area contributed by atoms with Gasteiger partial charge in [-0.25, -0.2) is 8.96 Å². The Morgan fingerprint density at radius 2 is 1.60 bits per heavy atom. The van der Waals surface area contributed by atoms with Crippen molar-refractivity contribution in [1.29, 1.82) is 0 Å². The standard InChI is InChI=1S/C29H26F4NO/c1-16-12-23-22-9-7-20(30)14-24(22)35-27(23)25(17(16)2)26-21-8-6-18(13-19(21)10-11-34(26)5)15-28(3,4)29(31,32)33/h6-14H,15H2,1-5H3/q+1. The maximum atomic E-state index is 13.9. The van der Waals surface area contributed by atoms with E-state index in [0.717, 1.165) is 43.9 Å². The summed E-state index contributed by atoms with van der Waals surface area (Å²) >= 11 is 0. The summed E-state index contributed by atoms with van der Waals surface area (Å²) in [5, 5.41) is 3.50. The van der Waals surface area contributed by atoms with E-state index in [1.165, 1.54) is 26.0 Å². The number of furan rings is 1. The van der Waals surface area contributed by atoms with Crippen LogP contribution in [-0.2, 0) is 13.5 Å². The molecule has 0 aliphatic carbocycles. The van der Waals surface area contributed by atoms with Gasteiger partial charge in [0.2, 0.25) is 5.69 Å². The second kappa shape index (κ2) is 7.80. The minimum Gasteiger partial charge on any atom is -0.455 e. The zero-order chi connectivity index (χ0) is 25.3.